The van der Waals surface area contributed by atoms with Crippen molar-refractivity contribution in [3.05, 3.63) is 22.3 Å². The van der Waals surface area contributed by atoms with Crippen molar-refractivity contribution in [1.82, 2.24) is 10.3 Å². The van der Waals surface area contributed by atoms with E-state index in [1.165, 1.54) is 0 Å². The molecule has 1 heterocycles. The summed E-state index contributed by atoms with van der Waals surface area (Å²) in [5.41, 5.74) is 0.551. The molecule has 1 aromatic heterocycles. The molecule has 6 heteroatoms. The van der Waals surface area contributed by atoms with Crippen molar-refractivity contribution in [1.29, 1.82) is 0 Å². The molecule has 17 heavy (non-hydrogen) atoms. The molecule has 0 saturated heterocycles. The monoisotopic (exact) mass is 317 g/mol. The lowest BCUT2D eigenvalue weighted by molar-refractivity contribution is 0.0954. The second kappa shape index (κ2) is 6.86. The molecule has 1 unspecified atom stereocenters. The second-order valence-corrected chi connectivity index (χ2v) is 5.75. The van der Waals surface area contributed by atoms with Crippen LogP contribution in [0.5, 0.6) is 0 Å². The first kappa shape index (κ1) is 14.3. The van der Waals surface area contributed by atoms with Gasteiger partial charge in [0.1, 0.15) is 5.82 Å². The van der Waals surface area contributed by atoms with Crippen molar-refractivity contribution in [2.45, 2.75) is 12.2 Å². The Labute approximate surface area is 114 Å². The van der Waals surface area contributed by atoms with E-state index in [0.29, 0.717) is 23.2 Å². The smallest absolute Gasteiger partial charge is 0.255 e. The molecule has 0 aliphatic carbocycles. The molecule has 1 aromatic rings. The summed E-state index contributed by atoms with van der Waals surface area (Å²) >= 11 is 5.03. The molecule has 0 spiro atoms. The minimum Gasteiger partial charge on any atom is -0.372 e. The van der Waals surface area contributed by atoms with Crippen molar-refractivity contribution >= 4 is 39.4 Å². The average Bonchev–Trinajstić information content (AvgIpc) is 2.35. The van der Waals surface area contributed by atoms with Gasteiger partial charge in [-0.25, -0.2) is 4.98 Å². The zero-order valence-corrected chi connectivity index (χ0v) is 12.5. The summed E-state index contributed by atoms with van der Waals surface area (Å²) in [4.78, 5) is 16.1. The Bertz CT molecular complexity index is 400. The molecule has 0 aliphatic rings. The predicted octanol–water partition coefficient (Wildman–Crippen LogP) is 2.37. The van der Waals surface area contributed by atoms with Crippen LogP contribution >= 0.6 is 27.7 Å². The largest absolute Gasteiger partial charge is 0.372 e. The van der Waals surface area contributed by atoms with Gasteiger partial charge >= 0.3 is 0 Å². The highest BCUT2D eigenvalue weighted by atomic mass is 79.9. The first-order chi connectivity index (χ1) is 8.08. The Hall–Kier alpha value is -0.750. The number of halogens is 1. The maximum Gasteiger partial charge on any atom is 0.255 e. The molecule has 0 fully saturated rings. The quantitative estimate of drug-likeness (QED) is 0.875. The standard InChI is InChI=1S/C11H16BrN3OS/c1-7(17-3)5-15-11(16)9-4-8(12)6-14-10(9)13-2/h4,6-7H,5H2,1-3H3,(H,13,14)(H,15,16). The maximum atomic E-state index is 12.0. The van der Waals surface area contributed by atoms with Crippen LogP contribution in [0, 0.1) is 0 Å². The van der Waals surface area contributed by atoms with Crippen LogP contribution in [-0.4, -0.2) is 36.0 Å². The van der Waals surface area contributed by atoms with E-state index in [4.69, 9.17) is 0 Å². The minimum absolute atomic E-state index is 0.107. The van der Waals surface area contributed by atoms with Crippen LogP contribution in [0.3, 0.4) is 0 Å². The summed E-state index contributed by atoms with van der Waals surface area (Å²) in [6, 6.07) is 1.76. The van der Waals surface area contributed by atoms with Crippen LogP contribution in [0.1, 0.15) is 17.3 Å². The van der Waals surface area contributed by atoms with Crippen molar-refractivity contribution in [2.75, 3.05) is 25.2 Å². The van der Waals surface area contributed by atoms with Gasteiger partial charge < -0.3 is 10.6 Å². The summed E-state index contributed by atoms with van der Waals surface area (Å²) in [7, 11) is 1.75. The third-order valence-electron chi connectivity index (χ3n) is 2.29. The number of aromatic nitrogens is 1. The first-order valence-electron chi connectivity index (χ1n) is 5.22. The Kier molecular flexibility index (Phi) is 5.77. The fourth-order valence-corrected chi connectivity index (χ4v) is 1.81. The van der Waals surface area contributed by atoms with Gasteiger partial charge in [-0.2, -0.15) is 11.8 Å². The number of hydrogen-bond donors (Lipinski definition) is 2. The van der Waals surface area contributed by atoms with E-state index in [-0.39, 0.29) is 5.91 Å². The topological polar surface area (TPSA) is 54.0 Å². The Morgan fingerprint density at radius 2 is 2.35 bits per heavy atom. The van der Waals surface area contributed by atoms with Crippen LogP contribution in [0.2, 0.25) is 0 Å². The molecule has 4 nitrogen and oxygen atoms in total. The number of nitrogens with zero attached hydrogens (tertiary/aromatic N) is 1. The van der Waals surface area contributed by atoms with Gasteiger partial charge in [-0.1, -0.05) is 6.92 Å². The number of pyridine rings is 1. The number of amides is 1. The number of rotatable bonds is 5. The van der Waals surface area contributed by atoms with Crippen LogP contribution < -0.4 is 10.6 Å². The number of carbonyl (C=O) groups excluding carboxylic acids is 1. The van der Waals surface area contributed by atoms with Crippen molar-refractivity contribution in [3.63, 3.8) is 0 Å². The SMILES string of the molecule is CNc1ncc(Br)cc1C(=O)NCC(C)SC. The highest BCUT2D eigenvalue weighted by Crippen LogP contribution is 2.17. The summed E-state index contributed by atoms with van der Waals surface area (Å²) in [5.74, 6) is 0.478. The predicted molar refractivity (Wildman–Crippen MR) is 76.8 cm³/mol. The number of carbonyl (C=O) groups is 1. The lowest BCUT2D eigenvalue weighted by Crippen LogP contribution is -2.30. The van der Waals surface area contributed by atoms with Gasteiger partial charge in [0, 0.05) is 29.5 Å². The number of nitrogens with one attached hydrogen (secondary N) is 2. The third kappa shape index (κ3) is 4.20. The number of anilines is 1. The van der Waals surface area contributed by atoms with E-state index in [9.17, 15) is 4.79 Å². The molecule has 0 radical (unpaired) electrons. The fraction of sp³-hybridized carbons (Fsp3) is 0.455. The molecule has 1 amide bonds. The molecule has 94 valence electrons. The molecule has 2 N–H and O–H groups in total. The number of thioether (sulfide) groups is 1. The molecule has 0 aliphatic heterocycles. The molecule has 0 bridgehead atoms. The summed E-state index contributed by atoms with van der Waals surface area (Å²) < 4.78 is 0.791. The second-order valence-electron chi connectivity index (χ2n) is 3.56. The van der Waals surface area contributed by atoms with Crippen molar-refractivity contribution in [2.24, 2.45) is 0 Å². The first-order valence-corrected chi connectivity index (χ1v) is 7.30. The van der Waals surface area contributed by atoms with Crippen LogP contribution in [0.4, 0.5) is 5.82 Å². The van der Waals surface area contributed by atoms with Crippen LogP contribution in [0.25, 0.3) is 0 Å². The van der Waals surface area contributed by atoms with Gasteiger partial charge in [-0.3, -0.25) is 4.79 Å². The molecule has 1 rings (SSSR count). The van der Waals surface area contributed by atoms with E-state index in [1.807, 2.05) is 6.26 Å². The summed E-state index contributed by atoms with van der Waals surface area (Å²) in [6.07, 6.45) is 3.68. The lowest BCUT2D eigenvalue weighted by Gasteiger charge is -2.12. The highest BCUT2D eigenvalue weighted by Gasteiger charge is 2.13. The van der Waals surface area contributed by atoms with Gasteiger partial charge in [0.25, 0.3) is 5.91 Å². The van der Waals surface area contributed by atoms with Crippen molar-refractivity contribution in [3.8, 4) is 0 Å². The van der Waals surface area contributed by atoms with Gasteiger partial charge in [0.05, 0.1) is 5.56 Å². The van der Waals surface area contributed by atoms with E-state index in [2.05, 4.69) is 38.5 Å². The molecule has 0 saturated carbocycles. The van der Waals surface area contributed by atoms with E-state index >= 15 is 0 Å². The Morgan fingerprint density at radius 1 is 1.65 bits per heavy atom. The lowest BCUT2D eigenvalue weighted by atomic mass is 10.2. The number of hydrogen-bond acceptors (Lipinski definition) is 4. The fourth-order valence-electron chi connectivity index (χ4n) is 1.23. The van der Waals surface area contributed by atoms with E-state index in [1.54, 1.807) is 31.1 Å². The van der Waals surface area contributed by atoms with Gasteiger partial charge in [-0.05, 0) is 28.3 Å². The molecular weight excluding hydrogens is 302 g/mol. The third-order valence-corrected chi connectivity index (χ3v) is 3.69. The highest BCUT2D eigenvalue weighted by molar-refractivity contribution is 9.10. The van der Waals surface area contributed by atoms with Gasteiger partial charge in [0.2, 0.25) is 0 Å². The van der Waals surface area contributed by atoms with Crippen LogP contribution in [0.15, 0.2) is 16.7 Å². The normalized spacial score (nSPS) is 12.0. The van der Waals surface area contributed by atoms with Crippen molar-refractivity contribution < 1.29 is 4.79 Å². The van der Waals surface area contributed by atoms with Crippen LogP contribution in [-0.2, 0) is 0 Å². The average molecular weight is 318 g/mol. The minimum atomic E-state index is -0.107. The molecule has 1 atom stereocenters. The maximum absolute atomic E-state index is 12.0. The Balaban J connectivity index is 2.77. The van der Waals surface area contributed by atoms with E-state index in [0.717, 1.165) is 4.47 Å². The zero-order valence-electron chi connectivity index (χ0n) is 10.1. The van der Waals surface area contributed by atoms with E-state index < -0.39 is 0 Å². The summed E-state index contributed by atoms with van der Waals surface area (Å²) in [5, 5.41) is 6.20. The molecular formula is C11H16BrN3OS. The van der Waals surface area contributed by atoms with Gasteiger partial charge in [0.15, 0.2) is 0 Å². The Morgan fingerprint density at radius 3 is 2.94 bits per heavy atom. The summed E-state index contributed by atoms with van der Waals surface area (Å²) in [6.45, 7) is 2.72. The molecule has 0 aromatic carbocycles. The zero-order chi connectivity index (χ0) is 12.8. The van der Waals surface area contributed by atoms with Gasteiger partial charge in [-0.15, -0.1) is 0 Å².